The van der Waals surface area contributed by atoms with Crippen molar-refractivity contribution < 1.29 is 14.3 Å². The van der Waals surface area contributed by atoms with Crippen molar-refractivity contribution in [3.63, 3.8) is 0 Å². The first-order chi connectivity index (χ1) is 10.3. The summed E-state index contributed by atoms with van der Waals surface area (Å²) in [4.78, 5) is 14.1. The van der Waals surface area contributed by atoms with Crippen LogP contribution >= 0.6 is 0 Å². The third-order valence-corrected chi connectivity index (χ3v) is 4.45. The van der Waals surface area contributed by atoms with Gasteiger partial charge in [-0.05, 0) is 59.3 Å². The van der Waals surface area contributed by atoms with Crippen LogP contribution in [-0.2, 0) is 9.47 Å². The zero-order chi connectivity index (χ0) is 16.2. The lowest BCUT2D eigenvalue weighted by Crippen LogP contribution is -2.51. The molecule has 0 aliphatic carbocycles. The fraction of sp³-hybridized carbons (Fsp3) is 0.941. The van der Waals surface area contributed by atoms with Crippen molar-refractivity contribution in [1.82, 2.24) is 10.2 Å². The molecule has 0 saturated carbocycles. The van der Waals surface area contributed by atoms with E-state index in [1.165, 1.54) is 12.8 Å². The molecule has 5 heteroatoms. The summed E-state index contributed by atoms with van der Waals surface area (Å²) >= 11 is 0. The van der Waals surface area contributed by atoms with E-state index in [2.05, 4.69) is 12.2 Å². The predicted octanol–water partition coefficient (Wildman–Crippen LogP) is 2.79. The van der Waals surface area contributed by atoms with Gasteiger partial charge in [0, 0.05) is 31.8 Å². The first kappa shape index (κ1) is 17.5. The van der Waals surface area contributed by atoms with Gasteiger partial charge in [0.1, 0.15) is 5.60 Å². The van der Waals surface area contributed by atoms with E-state index in [9.17, 15) is 4.79 Å². The highest BCUT2D eigenvalue weighted by atomic mass is 16.6. The van der Waals surface area contributed by atoms with Gasteiger partial charge in [0.25, 0.3) is 0 Å². The monoisotopic (exact) mass is 312 g/mol. The van der Waals surface area contributed by atoms with Crippen LogP contribution in [0, 0.1) is 5.92 Å². The minimum Gasteiger partial charge on any atom is -0.444 e. The number of ether oxygens (including phenoxy) is 2. The number of nitrogens with zero attached hydrogens (tertiary/aromatic N) is 1. The molecule has 1 amide bonds. The van der Waals surface area contributed by atoms with Gasteiger partial charge in [-0.25, -0.2) is 4.79 Å². The molecule has 0 aromatic heterocycles. The Labute approximate surface area is 134 Å². The normalized spacial score (nSPS) is 30.2. The van der Waals surface area contributed by atoms with Crippen molar-refractivity contribution >= 4 is 6.09 Å². The van der Waals surface area contributed by atoms with Crippen LogP contribution in [0.3, 0.4) is 0 Å². The Kier molecular flexibility index (Phi) is 6.09. The van der Waals surface area contributed by atoms with E-state index in [0.29, 0.717) is 12.0 Å². The van der Waals surface area contributed by atoms with Crippen molar-refractivity contribution in [3.05, 3.63) is 0 Å². The molecule has 0 radical (unpaired) electrons. The Bertz CT molecular complexity index is 361. The number of likely N-dealkylation sites (tertiary alicyclic amines) is 1. The SMILES string of the molecule is CC1CC(NCC2CCCOC2)CCN1C(=O)OC(C)(C)C. The van der Waals surface area contributed by atoms with E-state index >= 15 is 0 Å². The standard InChI is InChI=1S/C17H32N2O3/c1-13-10-15(18-11-14-6-5-9-21-12-14)7-8-19(13)16(20)22-17(2,3)4/h13-15,18H,5-12H2,1-4H3. The number of nitrogens with one attached hydrogen (secondary N) is 1. The van der Waals surface area contributed by atoms with Gasteiger partial charge in [-0.15, -0.1) is 0 Å². The number of hydrogen-bond acceptors (Lipinski definition) is 4. The Morgan fingerprint density at radius 1 is 1.36 bits per heavy atom. The Hall–Kier alpha value is -0.810. The molecule has 2 aliphatic rings. The molecular formula is C17H32N2O3. The summed E-state index contributed by atoms with van der Waals surface area (Å²) in [7, 11) is 0. The smallest absolute Gasteiger partial charge is 0.410 e. The zero-order valence-electron chi connectivity index (χ0n) is 14.6. The molecule has 22 heavy (non-hydrogen) atoms. The zero-order valence-corrected chi connectivity index (χ0v) is 14.6. The molecule has 3 atom stereocenters. The second-order valence-electron chi connectivity index (χ2n) is 7.74. The summed E-state index contributed by atoms with van der Waals surface area (Å²) < 4.78 is 11.0. The molecule has 2 saturated heterocycles. The van der Waals surface area contributed by atoms with Crippen LogP contribution in [0.1, 0.15) is 53.4 Å². The Morgan fingerprint density at radius 3 is 2.73 bits per heavy atom. The molecule has 0 bridgehead atoms. The second-order valence-corrected chi connectivity index (χ2v) is 7.74. The van der Waals surface area contributed by atoms with Crippen LogP contribution in [-0.4, -0.2) is 55.0 Å². The van der Waals surface area contributed by atoms with E-state index in [1.54, 1.807) is 0 Å². The highest BCUT2D eigenvalue weighted by Gasteiger charge is 2.31. The summed E-state index contributed by atoms with van der Waals surface area (Å²) in [6, 6.07) is 0.722. The minimum absolute atomic E-state index is 0.181. The average molecular weight is 312 g/mol. The van der Waals surface area contributed by atoms with Crippen LogP contribution < -0.4 is 5.32 Å². The lowest BCUT2D eigenvalue weighted by atomic mass is 9.96. The maximum Gasteiger partial charge on any atom is 0.410 e. The first-order valence-corrected chi connectivity index (χ1v) is 8.66. The summed E-state index contributed by atoms with van der Waals surface area (Å²) in [5, 5.41) is 3.67. The third kappa shape index (κ3) is 5.43. The Balaban J connectivity index is 1.73. The number of hydrogen-bond donors (Lipinski definition) is 1. The van der Waals surface area contributed by atoms with Gasteiger partial charge in [0.15, 0.2) is 0 Å². The van der Waals surface area contributed by atoms with Crippen LogP contribution in [0.4, 0.5) is 4.79 Å². The summed E-state index contributed by atoms with van der Waals surface area (Å²) in [6.45, 7) is 11.5. The van der Waals surface area contributed by atoms with E-state index in [4.69, 9.17) is 9.47 Å². The predicted molar refractivity (Wildman–Crippen MR) is 87.0 cm³/mol. The molecule has 0 aromatic rings. The van der Waals surface area contributed by atoms with Crippen LogP contribution in [0.25, 0.3) is 0 Å². The molecule has 2 aliphatic heterocycles. The molecular weight excluding hydrogens is 280 g/mol. The molecule has 0 aromatic carbocycles. The van der Waals surface area contributed by atoms with Gasteiger partial charge in [0.2, 0.25) is 0 Å². The summed E-state index contributed by atoms with van der Waals surface area (Å²) in [5.74, 6) is 0.646. The van der Waals surface area contributed by atoms with E-state index in [0.717, 1.165) is 39.1 Å². The van der Waals surface area contributed by atoms with E-state index < -0.39 is 5.60 Å². The number of carbonyl (C=O) groups is 1. The van der Waals surface area contributed by atoms with E-state index in [1.807, 2.05) is 25.7 Å². The van der Waals surface area contributed by atoms with Gasteiger partial charge < -0.3 is 19.7 Å². The largest absolute Gasteiger partial charge is 0.444 e. The number of amides is 1. The molecule has 2 heterocycles. The van der Waals surface area contributed by atoms with Gasteiger partial charge in [-0.3, -0.25) is 0 Å². The fourth-order valence-electron chi connectivity index (χ4n) is 3.25. The molecule has 128 valence electrons. The molecule has 3 unspecified atom stereocenters. The van der Waals surface area contributed by atoms with E-state index in [-0.39, 0.29) is 12.1 Å². The molecule has 0 spiro atoms. The number of piperidine rings is 1. The van der Waals surface area contributed by atoms with Gasteiger partial charge in [-0.1, -0.05) is 0 Å². The summed E-state index contributed by atoms with van der Waals surface area (Å²) in [5.41, 5.74) is -0.424. The second kappa shape index (κ2) is 7.64. The van der Waals surface area contributed by atoms with Crippen LogP contribution in [0.15, 0.2) is 0 Å². The topological polar surface area (TPSA) is 50.8 Å². The number of carbonyl (C=O) groups excluding carboxylic acids is 1. The Morgan fingerprint density at radius 2 is 2.14 bits per heavy atom. The lowest BCUT2D eigenvalue weighted by Gasteiger charge is -2.39. The van der Waals surface area contributed by atoms with Gasteiger partial charge >= 0.3 is 6.09 Å². The van der Waals surface area contributed by atoms with Gasteiger partial charge in [0.05, 0.1) is 6.61 Å². The lowest BCUT2D eigenvalue weighted by molar-refractivity contribution is 0.00859. The molecule has 1 N–H and O–H groups in total. The van der Waals surface area contributed by atoms with Crippen molar-refractivity contribution in [3.8, 4) is 0 Å². The summed E-state index contributed by atoms with van der Waals surface area (Å²) in [6.07, 6.45) is 4.25. The maximum absolute atomic E-state index is 12.2. The molecule has 2 fully saturated rings. The van der Waals surface area contributed by atoms with Gasteiger partial charge in [-0.2, -0.15) is 0 Å². The van der Waals surface area contributed by atoms with Crippen molar-refractivity contribution in [2.75, 3.05) is 26.3 Å². The highest BCUT2D eigenvalue weighted by molar-refractivity contribution is 5.68. The maximum atomic E-state index is 12.2. The van der Waals surface area contributed by atoms with Crippen LogP contribution in [0.2, 0.25) is 0 Å². The van der Waals surface area contributed by atoms with Crippen molar-refractivity contribution in [1.29, 1.82) is 0 Å². The molecule has 5 nitrogen and oxygen atoms in total. The number of rotatable bonds is 3. The van der Waals surface area contributed by atoms with Crippen molar-refractivity contribution in [2.24, 2.45) is 5.92 Å². The fourth-order valence-corrected chi connectivity index (χ4v) is 3.25. The minimum atomic E-state index is -0.424. The average Bonchev–Trinajstić information content (AvgIpc) is 2.44. The van der Waals surface area contributed by atoms with Crippen molar-refractivity contribution in [2.45, 2.75) is 71.1 Å². The molecule has 2 rings (SSSR count). The quantitative estimate of drug-likeness (QED) is 0.870. The first-order valence-electron chi connectivity index (χ1n) is 8.66. The highest BCUT2D eigenvalue weighted by Crippen LogP contribution is 2.21. The third-order valence-electron chi connectivity index (χ3n) is 4.45. The van der Waals surface area contributed by atoms with Crippen LogP contribution in [0.5, 0.6) is 0 Å².